The molecule has 0 unspecified atom stereocenters. The maximum Gasteiger partial charge on any atom is 0.252 e. The molecular formula is C22H32N4O. The van der Waals surface area contributed by atoms with E-state index in [-0.39, 0.29) is 5.91 Å². The fourth-order valence-corrected chi connectivity index (χ4v) is 4.58. The Bertz CT molecular complexity index is 709. The van der Waals surface area contributed by atoms with Gasteiger partial charge >= 0.3 is 0 Å². The Kier molecular flexibility index (Phi) is 6.10. The van der Waals surface area contributed by atoms with Gasteiger partial charge in [0.2, 0.25) is 0 Å². The van der Waals surface area contributed by atoms with Crippen molar-refractivity contribution in [1.29, 1.82) is 0 Å². The zero-order valence-electron chi connectivity index (χ0n) is 16.3. The highest BCUT2D eigenvalue weighted by molar-refractivity contribution is 5.95. The molecule has 0 radical (unpaired) electrons. The van der Waals surface area contributed by atoms with E-state index in [1.165, 1.54) is 58.3 Å². The number of carbonyl (C=O) groups excluding carboxylic acids is 1. The zero-order valence-corrected chi connectivity index (χ0v) is 16.3. The standard InChI is InChI=1S/C22H32N4O/c27-22(19-17-21-9-4-5-12-26(21)18-19)23-10-6-11-24-13-15-25(16-14-24)20-7-2-1-3-8-20/h4-5,9,12,17-18,20H,1-3,6-8,10-11,13-16H2,(H,23,27). The van der Waals surface area contributed by atoms with Gasteiger partial charge in [0.05, 0.1) is 5.56 Å². The first-order valence-corrected chi connectivity index (χ1v) is 10.6. The van der Waals surface area contributed by atoms with Crippen LogP contribution >= 0.6 is 0 Å². The van der Waals surface area contributed by atoms with Crippen molar-refractivity contribution in [3.05, 3.63) is 42.2 Å². The van der Waals surface area contributed by atoms with Crippen molar-refractivity contribution in [3.8, 4) is 0 Å². The number of nitrogens with one attached hydrogen (secondary N) is 1. The molecule has 1 aliphatic carbocycles. The van der Waals surface area contributed by atoms with Crippen LogP contribution < -0.4 is 5.32 Å². The van der Waals surface area contributed by atoms with E-state index in [1.807, 2.05) is 41.1 Å². The molecule has 0 atom stereocenters. The lowest BCUT2D eigenvalue weighted by Crippen LogP contribution is -2.51. The van der Waals surface area contributed by atoms with Gasteiger partial charge in [-0.3, -0.25) is 9.69 Å². The molecule has 146 valence electrons. The van der Waals surface area contributed by atoms with Gasteiger partial charge in [0.1, 0.15) is 0 Å². The normalized spacial score (nSPS) is 20.1. The Morgan fingerprint density at radius 1 is 1.07 bits per heavy atom. The Balaban J connectivity index is 1.15. The number of pyridine rings is 1. The fourth-order valence-electron chi connectivity index (χ4n) is 4.58. The number of carbonyl (C=O) groups is 1. The quantitative estimate of drug-likeness (QED) is 0.797. The monoisotopic (exact) mass is 368 g/mol. The molecule has 4 rings (SSSR count). The molecule has 2 aliphatic rings. The Hall–Kier alpha value is -1.85. The van der Waals surface area contributed by atoms with Crippen molar-refractivity contribution in [2.45, 2.75) is 44.6 Å². The van der Waals surface area contributed by atoms with E-state index in [0.29, 0.717) is 0 Å². The maximum atomic E-state index is 12.3. The van der Waals surface area contributed by atoms with Crippen molar-refractivity contribution < 1.29 is 4.79 Å². The molecule has 1 amide bonds. The van der Waals surface area contributed by atoms with Gasteiger partial charge < -0.3 is 14.6 Å². The summed E-state index contributed by atoms with van der Waals surface area (Å²) in [4.78, 5) is 17.6. The lowest BCUT2D eigenvalue weighted by Gasteiger charge is -2.40. The van der Waals surface area contributed by atoms with Crippen LogP contribution in [-0.2, 0) is 0 Å². The van der Waals surface area contributed by atoms with Crippen LogP contribution in [0.5, 0.6) is 0 Å². The summed E-state index contributed by atoms with van der Waals surface area (Å²) < 4.78 is 1.99. The van der Waals surface area contributed by atoms with Crippen molar-refractivity contribution in [1.82, 2.24) is 19.5 Å². The highest BCUT2D eigenvalue weighted by Crippen LogP contribution is 2.23. The van der Waals surface area contributed by atoms with Crippen molar-refractivity contribution >= 4 is 11.4 Å². The average molecular weight is 369 g/mol. The Labute approximate surface area is 162 Å². The molecule has 1 saturated carbocycles. The predicted octanol–water partition coefficient (Wildman–Crippen LogP) is 3.01. The molecule has 2 fully saturated rings. The van der Waals surface area contributed by atoms with Gasteiger partial charge in [-0.05, 0) is 44.0 Å². The van der Waals surface area contributed by atoms with Gasteiger partial charge in [0.25, 0.3) is 5.91 Å². The summed E-state index contributed by atoms with van der Waals surface area (Å²) >= 11 is 0. The van der Waals surface area contributed by atoms with Gasteiger partial charge in [0, 0.05) is 56.7 Å². The number of hydrogen-bond donors (Lipinski definition) is 1. The van der Waals surface area contributed by atoms with Gasteiger partial charge in [-0.2, -0.15) is 0 Å². The summed E-state index contributed by atoms with van der Waals surface area (Å²) in [5, 5.41) is 3.07. The van der Waals surface area contributed by atoms with Crippen molar-refractivity contribution in [2.24, 2.45) is 0 Å². The summed E-state index contributed by atoms with van der Waals surface area (Å²) in [5.74, 6) is 0.0285. The lowest BCUT2D eigenvalue weighted by molar-refractivity contribution is 0.0779. The third-order valence-electron chi connectivity index (χ3n) is 6.20. The number of rotatable bonds is 6. The maximum absolute atomic E-state index is 12.3. The molecular weight excluding hydrogens is 336 g/mol. The first kappa shape index (κ1) is 18.5. The third-order valence-corrected chi connectivity index (χ3v) is 6.20. The van der Waals surface area contributed by atoms with Crippen LogP contribution in [0, 0.1) is 0 Å². The number of piperazine rings is 1. The smallest absolute Gasteiger partial charge is 0.252 e. The minimum atomic E-state index is 0.0285. The van der Waals surface area contributed by atoms with E-state index in [0.717, 1.165) is 36.6 Å². The largest absolute Gasteiger partial charge is 0.352 e. The number of amides is 1. The number of hydrogen-bond acceptors (Lipinski definition) is 3. The highest BCUT2D eigenvalue weighted by Gasteiger charge is 2.24. The van der Waals surface area contributed by atoms with E-state index >= 15 is 0 Å². The first-order chi connectivity index (χ1) is 13.3. The molecule has 3 heterocycles. The summed E-state index contributed by atoms with van der Waals surface area (Å²) in [6, 6.07) is 8.77. The minimum Gasteiger partial charge on any atom is -0.352 e. The van der Waals surface area contributed by atoms with Crippen molar-refractivity contribution in [2.75, 3.05) is 39.3 Å². The first-order valence-electron chi connectivity index (χ1n) is 10.6. The lowest BCUT2D eigenvalue weighted by atomic mass is 9.94. The van der Waals surface area contributed by atoms with Crippen LogP contribution in [0.25, 0.3) is 5.52 Å². The van der Waals surface area contributed by atoms with Gasteiger partial charge in [-0.25, -0.2) is 0 Å². The van der Waals surface area contributed by atoms with E-state index in [1.54, 1.807) is 0 Å². The Morgan fingerprint density at radius 2 is 1.89 bits per heavy atom. The molecule has 1 N–H and O–H groups in total. The van der Waals surface area contributed by atoms with Gasteiger partial charge in [0.15, 0.2) is 0 Å². The molecule has 0 aromatic carbocycles. The summed E-state index contributed by atoms with van der Waals surface area (Å²) in [7, 11) is 0. The van der Waals surface area contributed by atoms with E-state index < -0.39 is 0 Å². The van der Waals surface area contributed by atoms with Crippen LogP contribution in [0.4, 0.5) is 0 Å². The molecule has 27 heavy (non-hydrogen) atoms. The molecule has 0 spiro atoms. The van der Waals surface area contributed by atoms with E-state index in [2.05, 4.69) is 15.1 Å². The Morgan fingerprint density at radius 3 is 2.67 bits per heavy atom. The molecule has 1 saturated heterocycles. The SMILES string of the molecule is O=C(NCCCN1CCN(C2CCCCC2)CC1)c1cc2ccccn2c1. The van der Waals surface area contributed by atoms with E-state index in [4.69, 9.17) is 0 Å². The summed E-state index contributed by atoms with van der Waals surface area (Å²) in [5.41, 5.74) is 1.79. The van der Waals surface area contributed by atoms with Crippen LogP contribution in [0.15, 0.2) is 36.7 Å². The van der Waals surface area contributed by atoms with Crippen LogP contribution in [0.1, 0.15) is 48.9 Å². The minimum absolute atomic E-state index is 0.0285. The average Bonchev–Trinajstić information content (AvgIpc) is 3.17. The number of nitrogens with zero attached hydrogens (tertiary/aromatic N) is 3. The third kappa shape index (κ3) is 4.71. The van der Waals surface area contributed by atoms with Crippen molar-refractivity contribution in [3.63, 3.8) is 0 Å². The van der Waals surface area contributed by atoms with Crippen LogP contribution in [0.3, 0.4) is 0 Å². The van der Waals surface area contributed by atoms with Crippen LogP contribution in [-0.4, -0.2) is 65.4 Å². The second kappa shape index (κ2) is 8.89. The topological polar surface area (TPSA) is 40.0 Å². The molecule has 1 aliphatic heterocycles. The predicted molar refractivity (Wildman–Crippen MR) is 109 cm³/mol. The van der Waals surface area contributed by atoms with E-state index in [9.17, 15) is 4.79 Å². The van der Waals surface area contributed by atoms with Crippen LogP contribution in [0.2, 0.25) is 0 Å². The number of fused-ring (bicyclic) bond motifs is 1. The molecule has 2 aromatic heterocycles. The highest BCUT2D eigenvalue weighted by atomic mass is 16.1. The number of aromatic nitrogens is 1. The molecule has 5 nitrogen and oxygen atoms in total. The zero-order chi connectivity index (χ0) is 18.5. The summed E-state index contributed by atoms with van der Waals surface area (Å²) in [6.45, 7) is 6.61. The summed E-state index contributed by atoms with van der Waals surface area (Å²) in [6.07, 6.45) is 12.0. The molecule has 5 heteroatoms. The van der Waals surface area contributed by atoms with Gasteiger partial charge in [-0.15, -0.1) is 0 Å². The second-order valence-electron chi connectivity index (χ2n) is 8.04. The molecule has 0 bridgehead atoms. The second-order valence-corrected chi connectivity index (χ2v) is 8.04. The fraction of sp³-hybridized carbons (Fsp3) is 0.591. The van der Waals surface area contributed by atoms with Gasteiger partial charge in [-0.1, -0.05) is 25.3 Å². The molecule has 2 aromatic rings.